The molecule has 0 heterocycles. The fraction of sp³-hybridized carbons (Fsp3) is 0.300. The van der Waals surface area contributed by atoms with E-state index in [9.17, 15) is 9.18 Å². The number of nitrogens with one attached hydrogen (secondary N) is 1. The van der Waals surface area contributed by atoms with Gasteiger partial charge in [0.15, 0.2) is 0 Å². The van der Waals surface area contributed by atoms with Crippen LogP contribution in [-0.4, -0.2) is 11.4 Å². The van der Waals surface area contributed by atoms with E-state index < -0.39 is 17.3 Å². The summed E-state index contributed by atoms with van der Waals surface area (Å²) < 4.78 is 13.3. The van der Waals surface area contributed by atoms with Gasteiger partial charge in [-0.3, -0.25) is 4.79 Å². The van der Waals surface area contributed by atoms with Crippen LogP contribution in [0.1, 0.15) is 13.8 Å². The summed E-state index contributed by atoms with van der Waals surface area (Å²) in [5.74, 6) is -1.07. The summed E-state index contributed by atoms with van der Waals surface area (Å²) >= 11 is 0. The molecule has 1 aromatic carbocycles. The van der Waals surface area contributed by atoms with Crippen LogP contribution in [0.15, 0.2) is 18.2 Å². The fourth-order valence-electron chi connectivity index (χ4n) is 1.03. The molecule has 0 radical (unpaired) electrons. The lowest BCUT2D eigenvalue weighted by atomic mass is 10.0. The van der Waals surface area contributed by atoms with Gasteiger partial charge in [0.2, 0.25) is 5.91 Å². The lowest BCUT2D eigenvalue weighted by Crippen LogP contribution is -2.45. The number of nitrogen functional groups attached to an aromatic ring is 1. The van der Waals surface area contributed by atoms with Crippen LogP contribution < -0.4 is 16.8 Å². The van der Waals surface area contributed by atoms with Crippen molar-refractivity contribution in [2.24, 2.45) is 5.73 Å². The summed E-state index contributed by atoms with van der Waals surface area (Å²) in [5, 5.41) is 2.71. The summed E-state index contributed by atoms with van der Waals surface area (Å²) in [6, 6.07) is 4.19. The van der Waals surface area contributed by atoms with Gasteiger partial charge in [0.1, 0.15) is 11.4 Å². The van der Waals surface area contributed by atoms with Gasteiger partial charge in [-0.2, -0.15) is 0 Å². The Kier molecular flexibility index (Phi) is 2.83. The maximum absolute atomic E-state index is 13.3. The van der Waals surface area contributed by atoms with Crippen molar-refractivity contribution in [3.8, 4) is 0 Å². The third-order valence-corrected chi connectivity index (χ3v) is 2.06. The van der Waals surface area contributed by atoms with Crippen LogP contribution in [0, 0.1) is 5.82 Å². The molecule has 0 aliphatic heterocycles. The molecule has 0 aliphatic carbocycles. The van der Waals surface area contributed by atoms with Gasteiger partial charge in [-0.05, 0) is 32.0 Å². The molecule has 0 aliphatic rings. The minimum absolute atomic E-state index is 0.202. The van der Waals surface area contributed by atoms with Crippen molar-refractivity contribution in [2.75, 3.05) is 11.1 Å². The molecule has 1 aromatic rings. The predicted octanol–water partition coefficient (Wildman–Crippen LogP) is 1.08. The first-order valence-electron chi connectivity index (χ1n) is 4.46. The van der Waals surface area contributed by atoms with Gasteiger partial charge >= 0.3 is 0 Å². The SMILES string of the molecule is CC(C)(Nc1ccc(N)cc1F)C(N)=O. The average Bonchev–Trinajstić information content (AvgIpc) is 2.09. The van der Waals surface area contributed by atoms with E-state index in [-0.39, 0.29) is 5.69 Å². The first kappa shape index (κ1) is 11.3. The average molecular weight is 211 g/mol. The molecule has 0 bridgehead atoms. The highest BCUT2D eigenvalue weighted by atomic mass is 19.1. The Morgan fingerprint density at radius 1 is 1.47 bits per heavy atom. The first-order chi connectivity index (χ1) is 6.83. The molecule has 0 atom stereocenters. The summed E-state index contributed by atoms with van der Waals surface area (Å²) in [7, 11) is 0. The van der Waals surface area contributed by atoms with Crippen LogP contribution >= 0.6 is 0 Å². The van der Waals surface area contributed by atoms with E-state index in [0.717, 1.165) is 0 Å². The number of nitrogens with two attached hydrogens (primary N) is 2. The van der Waals surface area contributed by atoms with Crippen LogP contribution in [0.2, 0.25) is 0 Å². The Hall–Kier alpha value is -1.78. The minimum atomic E-state index is -1.00. The van der Waals surface area contributed by atoms with Crippen LogP contribution in [-0.2, 0) is 4.79 Å². The van der Waals surface area contributed by atoms with E-state index in [4.69, 9.17) is 11.5 Å². The highest BCUT2D eigenvalue weighted by Gasteiger charge is 2.25. The highest BCUT2D eigenvalue weighted by Crippen LogP contribution is 2.20. The number of primary amides is 1. The Morgan fingerprint density at radius 2 is 2.07 bits per heavy atom. The topological polar surface area (TPSA) is 81.1 Å². The van der Waals surface area contributed by atoms with Crippen molar-refractivity contribution in [2.45, 2.75) is 19.4 Å². The monoisotopic (exact) mass is 211 g/mol. The van der Waals surface area contributed by atoms with E-state index in [1.807, 2.05) is 0 Å². The third-order valence-electron chi connectivity index (χ3n) is 2.06. The highest BCUT2D eigenvalue weighted by molar-refractivity contribution is 5.87. The maximum Gasteiger partial charge on any atom is 0.242 e. The third kappa shape index (κ3) is 2.59. The number of hydrogen-bond donors (Lipinski definition) is 3. The molecule has 1 rings (SSSR count). The molecular weight excluding hydrogens is 197 g/mol. The van der Waals surface area contributed by atoms with Crippen molar-refractivity contribution in [1.82, 2.24) is 0 Å². The van der Waals surface area contributed by atoms with Gasteiger partial charge in [-0.1, -0.05) is 0 Å². The molecule has 15 heavy (non-hydrogen) atoms. The number of amides is 1. The molecule has 1 amide bonds. The quantitative estimate of drug-likeness (QED) is 0.654. The minimum Gasteiger partial charge on any atom is -0.399 e. The smallest absolute Gasteiger partial charge is 0.242 e. The van der Waals surface area contributed by atoms with Crippen molar-refractivity contribution in [3.05, 3.63) is 24.0 Å². The Bertz CT molecular complexity index is 390. The van der Waals surface area contributed by atoms with E-state index in [0.29, 0.717) is 5.69 Å². The summed E-state index contributed by atoms with van der Waals surface area (Å²) in [4.78, 5) is 11.0. The number of halogens is 1. The van der Waals surface area contributed by atoms with Crippen molar-refractivity contribution < 1.29 is 9.18 Å². The number of benzene rings is 1. The number of carbonyl (C=O) groups excluding carboxylic acids is 1. The second-order valence-electron chi connectivity index (χ2n) is 3.85. The molecule has 4 nitrogen and oxygen atoms in total. The Labute approximate surface area is 87.4 Å². The zero-order valence-corrected chi connectivity index (χ0v) is 8.67. The van der Waals surface area contributed by atoms with Gasteiger partial charge < -0.3 is 16.8 Å². The Balaban J connectivity index is 2.95. The number of carbonyl (C=O) groups is 1. The normalized spacial score (nSPS) is 11.1. The molecule has 82 valence electrons. The van der Waals surface area contributed by atoms with Crippen LogP contribution in [0.5, 0.6) is 0 Å². The van der Waals surface area contributed by atoms with Crippen LogP contribution in [0.25, 0.3) is 0 Å². The molecule has 0 unspecified atom stereocenters. The molecule has 0 saturated heterocycles. The second-order valence-corrected chi connectivity index (χ2v) is 3.85. The molecule has 5 N–H and O–H groups in total. The van der Waals surface area contributed by atoms with Crippen molar-refractivity contribution in [3.63, 3.8) is 0 Å². The van der Waals surface area contributed by atoms with Gasteiger partial charge in [-0.25, -0.2) is 4.39 Å². The van der Waals surface area contributed by atoms with Crippen molar-refractivity contribution in [1.29, 1.82) is 0 Å². The van der Waals surface area contributed by atoms with Crippen LogP contribution in [0.3, 0.4) is 0 Å². The summed E-state index contributed by atoms with van der Waals surface area (Å²) in [6.45, 7) is 3.15. The van der Waals surface area contributed by atoms with E-state index in [1.165, 1.54) is 12.1 Å². The second kappa shape index (κ2) is 3.76. The number of hydrogen-bond acceptors (Lipinski definition) is 3. The molecule has 5 heteroatoms. The molecule has 0 aromatic heterocycles. The standard InChI is InChI=1S/C10H14FN3O/c1-10(2,9(13)15)14-8-4-3-6(12)5-7(8)11/h3-5,14H,12H2,1-2H3,(H2,13,15). The van der Waals surface area contributed by atoms with Crippen molar-refractivity contribution >= 4 is 17.3 Å². The van der Waals surface area contributed by atoms with E-state index in [1.54, 1.807) is 19.9 Å². The van der Waals surface area contributed by atoms with Gasteiger partial charge in [0.05, 0.1) is 5.69 Å². The van der Waals surface area contributed by atoms with Crippen LogP contribution in [0.4, 0.5) is 15.8 Å². The maximum atomic E-state index is 13.3. The largest absolute Gasteiger partial charge is 0.399 e. The summed E-state index contributed by atoms with van der Waals surface area (Å²) in [5.41, 5.74) is 10.1. The first-order valence-corrected chi connectivity index (χ1v) is 4.46. The predicted molar refractivity (Wildman–Crippen MR) is 57.7 cm³/mol. The lowest BCUT2D eigenvalue weighted by molar-refractivity contribution is -0.121. The number of anilines is 2. The lowest BCUT2D eigenvalue weighted by Gasteiger charge is -2.23. The number of rotatable bonds is 3. The molecule has 0 fully saturated rings. The molecular formula is C10H14FN3O. The molecule has 0 spiro atoms. The Morgan fingerprint density at radius 3 is 2.53 bits per heavy atom. The van der Waals surface area contributed by atoms with E-state index in [2.05, 4.69) is 5.32 Å². The van der Waals surface area contributed by atoms with Gasteiger partial charge in [0, 0.05) is 5.69 Å². The fourth-order valence-corrected chi connectivity index (χ4v) is 1.03. The van der Waals surface area contributed by atoms with E-state index >= 15 is 0 Å². The molecule has 0 saturated carbocycles. The van der Waals surface area contributed by atoms with Gasteiger partial charge in [0.25, 0.3) is 0 Å². The zero-order valence-electron chi connectivity index (χ0n) is 8.67. The van der Waals surface area contributed by atoms with Gasteiger partial charge in [-0.15, -0.1) is 0 Å². The summed E-state index contributed by atoms with van der Waals surface area (Å²) in [6.07, 6.45) is 0. The zero-order chi connectivity index (χ0) is 11.6.